The van der Waals surface area contributed by atoms with E-state index in [1.165, 1.54) is 32.1 Å². The van der Waals surface area contributed by atoms with Crippen LogP contribution in [0.5, 0.6) is 0 Å². The van der Waals surface area contributed by atoms with Crippen molar-refractivity contribution in [1.29, 1.82) is 0 Å². The molecule has 0 heterocycles. The Morgan fingerprint density at radius 3 is 2.36 bits per heavy atom. The molecule has 122 valence electrons. The highest BCUT2D eigenvalue weighted by molar-refractivity contribution is 5.94. The topological polar surface area (TPSA) is 29.1 Å². The van der Waals surface area contributed by atoms with Crippen LogP contribution in [0.2, 0.25) is 0 Å². The van der Waals surface area contributed by atoms with Gasteiger partial charge in [-0.05, 0) is 62.0 Å². The first kappa shape index (κ1) is 17.1. The Bertz CT molecular complexity index is 458. The van der Waals surface area contributed by atoms with Crippen LogP contribution in [-0.4, -0.2) is 11.9 Å². The lowest BCUT2D eigenvalue weighted by Gasteiger charge is -2.34. The van der Waals surface area contributed by atoms with Crippen molar-refractivity contribution in [2.45, 2.75) is 71.8 Å². The maximum atomic E-state index is 12.2. The molecule has 1 aliphatic rings. The Kier molecular flexibility index (Phi) is 6.05. The summed E-state index contributed by atoms with van der Waals surface area (Å²) in [5.74, 6) is 0.918. The van der Waals surface area contributed by atoms with Gasteiger partial charge in [-0.2, -0.15) is 0 Å². The number of hydrogen-bond donors (Lipinski definition) is 1. The van der Waals surface area contributed by atoms with Crippen LogP contribution in [0.1, 0.15) is 76.1 Å². The lowest BCUT2D eigenvalue weighted by molar-refractivity contribution is 0.0915. The van der Waals surface area contributed by atoms with Crippen LogP contribution in [-0.2, 0) is 0 Å². The molecule has 1 aromatic rings. The molecule has 1 amide bonds. The van der Waals surface area contributed by atoms with Gasteiger partial charge in [0, 0.05) is 11.6 Å². The van der Waals surface area contributed by atoms with Crippen LogP contribution in [0, 0.1) is 11.3 Å². The van der Waals surface area contributed by atoms with Crippen molar-refractivity contribution in [1.82, 2.24) is 5.32 Å². The first-order valence-electron chi connectivity index (χ1n) is 8.86. The molecule has 1 aromatic carbocycles. The van der Waals surface area contributed by atoms with Gasteiger partial charge in [0.25, 0.3) is 5.91 Å². The van der Waals surface area contributed by atoms with E-state index in [4.69, 9.17) is 0 Å². The van der Waals surface area contributed by atoms with Crippen LogP contribution in [0.15, 0.2) is 30.3 Å². The van der Waals surface area contributed by atoms with Crippen molar-refractivity contribution in [3.63, 3.8) is 0 Å². The van der Waals surface area contributed by atoms with Gasteiger partial charge in [0.1, 0.15) is 0 Å². The van der Waals surface area contributed by atoms with Gasteiger partial charge in [-0.25, -0.2) is 0 Å². The molecule has 2 nitrogen and oxygen atoms in total. The standard InChI is InChI=1S/C20H31NO/c1-4-14-20(2,3)15-16-10-12-18(13-11-16)21-19(22)17-8-6-5-7-9-17/h5-9,16,18H,4,10-15H2,1-3H3,(H,21,22)/t16-,18+. The molecular weight excluding hydrogens is 270 g/mol. The summed E-state index contributed by atoms with van der Waals surface area (Å²) >= 11 is 0. The molecule has 0 aliphatic heterocycles. The molecule has 1 aliphatic carbocycles. The first-order chi connectivity index (χ1) is 10.5. The molecule has 2 rings (SSSR count). The summed E-state index contributed by atoms with van der Waals surface area (Å²) in [5, 5.41) is 3.20. The zero-order chi connectivity index (χ0) is 16.0. The summed E-state index contributed by atoms with van der Waals surface area (Å²) < 4.78 is 0. The normalized spacial score (nSPS) is 22.3. The summed E-state index contributed by atoms with van der Waals surface area (Å²) in [4.78, 5) is 12.2. The number of benzene rings is 1. The van der Waals surface area contributed by atoms with E-state index in [9.17, 15) is 4.79 Å². The summed E-state index contributed by atoms with van der Waals surface area (Å²) in [6.45, 7) is 7.08. The molecule has 0 radical (unpaired) electrons. The van der Waals surface area contributed by atoms with Crippen LogP contribution >= 0.6 is 0 Å². The van der Waals surface area contributed by atoms with Crippen molar-refractivity contribution in [3.8, 4) is 0 Å². The second kappa shape index (κ2) is 7.80. The molecule has 0 atom stereocenters. The third kappa shape index (κ3) is 5.15. The third-order valence-corrected chi connectivity index (χ3v) is 4.99. The maximum absolute atomic E-state index is 12.2. The lowest BCUT2D eigenvalue weighted by atomic mass is 9.73. The fourth-order valence-electron chi connectivity index (χ4n) is 3.93. The second-order valence-electron chi connectivity index (χ2n) is 7.68. The minimum absolute atomic E-state index is 0.0790. The SMILES string of the molecule is CCCC(C)(C)C[C@H]1CC[C@@H](NC(=O)c2ccccc2)CC1. The Morgan fingerprint density at radius 1 is 1.14 bits per heavy atom. The fraction of sp³-hybridized carbons (Fsp3) is 0.650. The number of carbonyl (C=O) groups is 1. The highest BCUT2D eigenvalue weighted by atomic mass is 16.1. The van der Waals surface area contributed by atoms with E-state index in [0.29, 0.717) is 11.5 Å². The molecule has 0 saturated heterocycles. The number of rotatable bonds is 6. The van der Waals surface area contributed by atoms with E-state index in [0.717, 1.165) is 24.3 Å². The van der Waals surface area contributed by atoms with Crippen molar-refractivity contribution in [3.05, 3.63) is 35.9 Å². The van der Waals surface area contributed by atoms with Gasteiger partial charge in [0.2, 0.25) is 0 Å². The largest absolute Gasteiger partial charge is 0.349 e. The Morgan fingerprint density at radius 2 is 1.77 bits per heavy atom. The molecule has 0 spiro atoms. The second-order valence-corrected chi connectivity index (χ2v) is 7.68. The smallest absolute Gasteiger partial charge is 0.251 e. The predicted molar refractivity (Wildman–Crippen MR) is 93.0 cm³/mol. The van der Waals surface area contributed by atoms with E-state index < -0.39 is 0 Å². The third-order valence-electron chi connectivity index (χ3n) is 4.99. The van der Waals surface area contributed by atoms with E-state index in [1.807, 2.05) is 30.3 Å². The van der Waals surface area contributed by atoms with Gasteiger partial charge in [-0.3, -0.25) is 4.79 Å². The molecule has 1 fully saturated rings. The lowest BCUT2D eigenvalue weighted by Crippen LogP contribution is -2.38. The summed E-state index contributed by atoms with van der Waals surface area (Å²) in [6.07, 6.45) is 8.70. The average Bonchev–Trinajstić information content (AvgIpc) is 2.49. The van der Waals surface area contributed by atoms with E-state index in [-0.39, 0.29) is 5.91 Å². The zero-order valence-electron chi connectivity index (χ0n) is 14.4. The van der Waals surface area contributed by atoms with Crippen molar-refractivity contribution < 1.29 is 4.79 Å². The first-order valence-corrected chi connectivity index (χ1v) is 8.86. The number of nitrogens with one attached hydrogen (secondary N) is 1. The Hall–Kier alpha value is -1.31. The molecule has 1 N–H and O–H groups in total. The summed E-state index contributed by atoms with van der Waals surface area (Å²) in [5.41, 5.74) is 1.24. The van der Waals surface area contributed by atoms with Crippen LogP contribution in [0.4, 0.5) is 0 Å². The molecule has 22 heavy (non-hydrogen) atoms. The van der Waals surface area contributed by atoms with Crippen LogP contribution in [0.3, 0.4) is 0 Å². The highest BCUT2D eigenvalue weighted by Crippen LogP contribution is 2.37. The monoisotopic (exact) mass is 301 g/mol. The number of hydrogen-bond acceptors (Lipinski definition) is 1. The number of amides is 1. The zero-order valence-corrected chi connectivity index (χ0v) is 14.4. The van der Waals surface area contributed by atoms with Gasteiger partial charge in [-0.15, -0.1) is 0 Å². The van der Waals surface area contributed by atoms with E-state index >= 15 is 0 Å². The van der Waals surface area contributed by atoms with Gasteiger partial charge in [0.15, 0.2) is 0 Å². The van der Waals surface area contributed by atoms with Gasteiger partial charge < -0.3 is 5.32 Å². The Balaban J connectivity index is 1.77. The fourth-order valence-corrected chi connectivity index (χ4v) is 3.93. The summed E-state index contributed by atoms with van der Waals surface area (Å²) in [6, 6.07) is 9.91. The predicted octanol–water partition coefficient (Wildman–Crippen LogP) is 5.19. The average molecular weight is 301 g/mol. The molecule has 0 aromatic heterocycles. The molecule has 1 saturated carbocycles. The van der Waals surface area contributed by atoms with Gasteiger partial charge >= 0.3 is 0 Å². The minimum atomic E-state index is 0.0790. The van der Waals surface area contributed by atoms with Crippen molar-refractivity contribution in [2.24, 2.45) is 11.3 Å². The maximum Gasteiger partial charge on any atom is 0.251 e. The van der Waals surface area contributed by atoms with Crippen molar-refractivity contribution >= 4 is 5.91 Å². The van der Waals surface area contributed by atoms with Gasteiger partial charge in [-0.1, -0.05) is 45.4 Å². The molecule has 0 bridgehead atoms. The molecular formula is C20H31NO. The number of carbonyl (C=O) groups excluding carboxylic acids is 1. The molecule has 2 heteroatoms. The van der Waals surface area contributed by atoms with Crippen LogP contribution < -0.4 is 5.32 Å². The van der Waals surface area contributed by atoms with E-state index in [2.05, 4.69) is 26.1 Å². The van der Waals surface area contributed by atoms with Gasteiger partial charge in [0.05, 0.1) is 0 Å². The Labute approximate surface area is 135 Å². The van der Waals surface area contributed by atoms with Crippen LogP contribution in [0.25, 0.3) is 0 Å². The minimum Gasteiger partial charge on any atom is -0.349 e. The quantitative estimate of drug-likeness (QED) is 0.769. The van der Waals surface area contributed by atoms with Crippen molar-refractivity contribution in [2.75, 3.05) is 0 Å². The van der Waals surface area contributed by atoms with E-state index in [1.54, 1.807) is 0 Å². The molecule has 0 unspecified atom stereocenters. The highest BCUT2D eigenvalue weighted by Gasteiger charge is 2.27. The summed E-state index contributed by atoms with van der Waals surface area (Å²) in [7, 11) is 0.